The highest BCUT2D eigenvalue weighted by molar-refractivity contribution is 5.95. The van der Waals surface area contributed by atoms with Crippen molar-refractivity contribution in [3.8, 4) is 5.75 Å². The van der Waals surface area contributed by atoms with Crippen molar-refractivity contribution >= 4 is 17.6 Å². The van der Waals surface area contributed by atoms with Gasteiger partial charge in [0.25, 0.3) is 0 Å². The van der Waals surface area contributed by atoms with Gasteiger partial charge < -0.3 is 15.2 Å². The van der Waals surface area contributed by atoms with Gasteiger partial charge in [-0.15, -0.1) is 0 Å². The van der Waals surface area contributed by atoms with Crippen molar-refractivity contribution in [1.82, 2.24) is 0 Å². The predicted octanol–water partition coefficient (Wildman–Crippen LogP) is 3.55. The van der Waals surface area contributed by atoms with E-state index in [0.29, 0.717) is 11.4 Å². The predicted molar refractivity (Wildman–Crippen MR) is 84.3 cm³/mol. The van der Waals surface area contributed by atoms with Gasteiger partial charge in [-0.25, -0.2) is 4.79 Å². The maximum absolute atomic E-state index is 12.4. The maximum Gasteiger partial charge on any atom is 0.335 e. The second-order valence-electron chi connectivity index (χ2n) is 5.84. The monoisotopic (exact) mass is 305 g/mol. The smallest absolute Gasteiger partial charge is 0.335 e. The minimum Gasteiger partial charge on any atom is -0.495 e. The highest BCUT2D eigenvalue weighted by atomic mass is 16.5. The van der Waals surface area contributed by atoms with Crippen LogP contribution in [0.4, 0.5) is 5.69 Å². The third-order valence-electron chi connectivity index (χ3n) is 4.50. The fourth-order valence-electron chi connectivity index (χ4n) is 3.00. The molecule has 0 saturated heterocycles. The molecule has 1 aliphatic carbocycles. The van der Waals surface area contributed by atoms with Gasteiger partial charge in [0, 0.05) is 5.92 Å². The molecule has 5 nitrogen and oxygen atoms in total. The van der Waals surface area contributed by atoms with Crippen molar-refractivity contribution in [3.05, 3.63) is 23.8 Å². The summed E-state index contributed by atoms with van der Waals surface area (Å²) < 4.78 is 5.18. The van der Waals surface area contributed by atoms with Gasteiger partial charge in [-0.05, 0) is 49.8 Å². The Kier molecular flexibility index (Phi) is 5.41. The number of hydrogen-bond donors (Lipinski definition) is 2. The lowest BCUT2D eigenvalue weighted by Gasteiger charge is -2.27. The SMILES string of the molecule is CCC1CCC(C(=O)Nc2ccc(C(=O)O)cc2OC)CC1. The van der Waals surface area contributed by atoms with Gasteiger partial charge in [-0.1, -0.05) is 13.3 Å². The molecule has 0 aliphatic heterocycles. The Balaban J connectivity index is 2.04. The summed E-state index contributed by atoms with van der Waals surface area (Å²) in [5.41, 5.74) is 0.661. The Labute approximate surface area is 130 Å². The third-order valence-corrected chi connectivity index (χ3v) is 4.50. The van der Waals surface area contributed by atoms with E-state index in [2.05, 4.69) is 12.2 Å². The molecule has 0 aromatic heterocycles. The van der Waals surface area contributed by atoms with Gasteiger partial charge in [0.1, 0.15) is 5.75 Å². The quantitative estimate of drug-likeness (QED) is 0.872. The van der Waals surface area contributed by atoms with Crippen molar-refractivity contribution < 1.29 is 19.4 Å². The van der Waals surface area contributed by atoms with Crippen LogP contribution in [0, 0.1) is 11.8 Å². The molecule has 0 atom stereocenters. The number of hydrogen-bond acceptors (Lipinski definition) is 3. The topological polar surface area (TPSA) is 75.6 Å². The van der Waals surface area contributed by atoms with Crippen molar-refractivity contribution in [3.63, 3.8) is 0 Å². The molecule has 0 radical (unpaired) electrons. The summed E-state index contributed by atoms with van der Waals surface area (Å²) in [6, 6.07) is 4.47. The van der Waals surface area contributed by atoms with E-state index < -0.39 is 5.97 Å². The lowest BCUT2D eigenvalue weighted by atomic mass is 9.80. The van der Waals surface area contributed by atoms with Gasteiger partial charge in [-0.3, -0.25) is 4.79 Å². The third kappa shape index (κ3) is 3.78. The van der Waals surface area contributed by atoms with Crippen LogP contribution in [0.2, 0.25) is 0 Å². The molecular formula is C17H23NO4. The first-order valence-corrected chi connectivity index (χ1v) is 7.77. The summed E-state index contributed by atoms with van der Waals surface area (Å²) in [7, 11) is 1.46. The summed E-state index contributed by atoms with van der Waals surface area (Å²) in [4.78, 5) is 23.3. The molecule has 2 rings (SSSR count). The molecule has 120 valence electrons. The molecule has 1 aromatic rings. The molecule has 0 bridgehead atoms. The van der Waals surface area contributed by atoms with E-state index >= 15 is 0 Å². The number of methoxy groups -OCH3 is 1. The van der Waals surface area contributed by atoms with Gasteiger partial charge in [0.15, 0.2) is 0 Å². The highest BCUT2D eigenvalue weighted by Gasteiger charge is 2.26. The van der Waals surface area contributed by atoms with Crippen LogP contribution in [0.1, 0.15) is 49.4 Å². The Hall–Kier alpha value is -2.04. The molecule has 1 aromatic carbocycles. The lowest BCUT2D eigenvalue weighted by molar-refractivity contribution is -0.121. The van der Waals surface area contributed by atoms with E-state index in [-0.39, 0.29) is 17.4 Å². The number of anilines is 1. The van der Waals surface area contributed by atoms with Crippen LogP contribution in [0.15, 0.2) is 18.2 Å². The van der Waals surface area contributed by atoms with Gasteiger partial charge in [-0.2, -0.15) is 0 Å². The van der Waals surface area contributed by atoms with Gasteiger partial charge in [0.05, 0.1) is 18.4 Å². The Morgan fingerprint density at radius 3 is 2.50 bits per heavy atom. The van der Waals surface area contributed by atoms with Crippen LogP contribution in [-0.2, 0) is 4.79 Å². The highest BCUT2D eigenvalue weighted by Crippen LogP contribution is 2.32. The Morgan fingerprint density at radius 2 is 1.95 bits per heavy atom. The molecule has 1 saturated carbocycles. The molecule has 0 unspecified atom stereocenters. The van der Waals surface area contributed by atoms with Crippen LogP contribution < -0.4 is 10.1 Å². The number of carbonyl (C=O) groups excluding carboxylic acids is 1. The van der Waals surface area contributed by atoms with Crippen molar-refractivity contribution in [2.45, 2.75) is 39.0 Å². The van der Waals surface area contributed by atoms with E-state index in [1.807, 2.05) is 0 Å². The van der Waals surface area contributed by atoms with Crippen LogP contribution in [0.5, 0.6) is 5.75 Å². The fourth-order valence-corrected chi connectivity index (χ4v) is 3.00. The minimum absolute atomic E-state index is 0.00377. The van der Waals surface area contributed by atoms with E-state index in [9.17, 15) is 9.59 Å². The van der Waals surface area contributed by atoms with Crippen molar-refractivity contribution in [2.75, 3.05) is 12.4 Å². The van der Waals surface area contributed by atoms with Gasteiger partial charge >= 0.3 is 5.97 Å². The number of rotatable bonds is 5. The molecule has 5 heteroatoms. The normalized spacial score (nSPS) is 21.2. The Bertz CT molecular complexity index is 548. The van der Waals surface area contributed by atoms with E-state index in [1.165, 1.54) is 25.7 Å². The number of nitrogens with one attached hydrogen (secondary N) is 1. The fraction of sp³-hybridized carbons (Fsp3) is 0.529. The van der Waals surface area contributed by atoms with E-state index in [0.717, 1.165) is 31.6 Å². The molecule has 1 aliphatic rings. The number of aromatic carboxylic acids is 1. The first kappa shape index (κ1) is 16.3. The lowest BCUT2D eigenvalue weighted by Crippen LogP contribution is -2.27. The molecule has 0 heterocycles. The average Bonchev–Trinajstić information content (AvgIpc) is 2.55. The number of carboxylic acid groups (broad SMARTS) is 1. The first-order valence-electron chi connectivity index (χ1n) is 7.77. The zero-order valence-corrected chi connectivity index (χ0v) is 13.1. The van der Waals surface area contributed by atoms with Gasteiger partial charge in [0.2, 0.25) is 5.91 Å². The number of ether oxygens (including phenoxy) is 1. The van der Waals surface area contributed by atoms with E-state index in [1.54, 1.807) is 6.07 Å². The summed E-state index contributed by atoms with van der Waals surface area (Å²) >= 11 is 0. The zero-order chi connectivity index (χ0) is 16.1. The standard InChI is InChI=1S/C17H23NO4/c1-3-11-4-6-12(7-5-11)16(19)18-14-9-8-13(17(20)21)10-15(14)22-2/h8-12H,3-7H2,1-2H3,(H,18,19)(H,20,21). The molecule has 1 amide bonds. The number of carbonyl (C=O) groups is 2. The molecular weight excluding hydrogens is 282 g/mol. The average molecular weight is 305 g/mol. The van der Waals surface area contributed by atoms with E-state index in [4.69, 9.17) is 9.84 Å². The minimum atomic E-state index is -1.02. The second kappa shape index (κ2) is 7.29. The molecule has 1 fully saturated rings. The number of benzene rings is 1. The summed E-state index contributed by atoms with van der Waals surface area (Å²) in [5, 5.41) is 11.9. The number of carboxylic acids is 1. The van der Waals surface area contributed by atoms with Crippen LogP contribution in [-0.4, -0.2) is 24.1 Å². The largest absolute Gasteiger partial charge is 0.495 e. The summed E-state index contributed by atoms with van der Waals surface area (Å²) in [6.45, 7) is 2.19. The van der Waals surface area contributed by atoms with Crippen LogP contribution >= 0.6 is 0 Å². The van der Waals surface area contributed by atoms with Crippen molar-refractivity contribution in [2.24, 2.45) is 11.8 Å². The second-order valence-corrected chi connectivity index (χ2v) is 5.84. The Morgan fingerprint density at radius 1 is 1.27 bits per heavy atom. The van der Waals surface area contributed by atoms with Crippen molar-refractivity contribution in [1.29, 1.82) is 0 Å². The first-order chi connectivity index (χ1) is 10.5. The van der Waals surface area contributed by atoms with Crippen LogP contribution in [0.3, 0.4) is 0 Å². The summed E-state index contributed by atoms with van der Waals surface area (Å²) in [6.07, 6.45) is 5.21. The molecule has 0 spiro atoms. The summed E-state index contributed by atoms with van der Waals surface area (Å²) in [5.74, 6) is 0.126. The zero-order valence-electron chi connectivity index (χ0n) is 13.1. The molecule has 2 N–H and O–H groups in total. The van der Waals surface area contributed by atoms with Crippen LogP contribution in [0.25, 0.3) is 0 Å². The number of amides is 1. The molecule has 22 heavy (non-hydrogen) atoms. The maximum atomic E-state index is 12.4.